The highest BCUT2D eigenvalue weighted by atomic mass is 16.4. The number of fused-ring (bicyclic) bond motifs is 1. The van der Waals surface area contributed by atoms with Gasteiger partial charge in [0.05, 0.1) is 11.2 Å². The number of nitrogen functional groups attached to an aromatic ring is 2. The van der Waals surface area contributed by atoms with E-state index in [0.717, 1.165) is 35.2 Å². The van der Waals surface area contributed by atoms with Gasteiger partial charge in [0, 0.05) is 36.7 Å². The van der Waals surface area contributed by atoms with E-state index in [-0.39, 0.29) is 11.9 Å². The molecule has 1 fully saturated rings. The molecule has 0 saturated carbocycles. The lowest BCUT2D eigenvalue weighted by atomic mass is 9.90. The van der Waals surface area contributed by atoms with Crippen molar-refractivity contribution in [2.45, 2.75) is 13.3 Å². The molecule has 3 aromatic rings. The molecule has 2 aromatic heterocycles. The minimum absolute atomic E-state index is 0.195. The van der Waals surface area contributed by atoms with Crippen molar-refractivity contribution in [3.63, 3.8) is 0 Å². The predicted octanol–water partition coefficient (Wildman–Crippen LogP) is 1.91. The Kier molecular flexibility index (Phi) is 4.83. The summed E-state index contributed by atoms with van der Waals surface area (Å²) in [7, 11) is 0. The molecule has 1 aliphatic heterocycles. The van der Waals surface area contributed by atoms with E-state index in [1.807, 2.05) is 24.3 Å². The monoisotopic (exact) mass is 396 g/mol. The summed E-state index contributed by atoms with van der Waals surface area (Å²) in [6.45, 7) is 4.11. The number of nitrogens with two attached hydrogens (primary N) is 2. The third kappa shape index (κ3) is 4.00. The zero-order valence-corrected chi connectivity index (χ0v) is 16.1. The van der Waals surface area contributed by atoms with Crippen molar-refractivity contribution >= 4 is 34.6 Å². The van der Waals surface area contributed by atoms with Gasteiger partial charge in [-0.25, -0.2) is 9.78 Å². The second kappa shape index (κ2) is 7.46. The van der Waals surface area contributed by atoms with Gasteiger partial charge in [0.25, 0.3) is 0 Å². The average molecular weight is 396 g/mol. The topological polar surface area (TPSA) is 159 Å². The number of anilines is 3. The number of piperidine rings is 1. The van der Waals surface area contributed by atoms with Gasteiger partial charge in [-0.1, -0.05) is 13.0 Å². The molecule has 0 bridgehead atoms. The lowest BCUT2D eigenvalue weighted by molar-refractivity contribution is 0.190. The smallest absolute Gasteiger partial charge is 0.404 e. The summed E-state index contributed by atoms with van der Waals surface area (Å²) in [6.07, 6.45) is -0.0413. The molecule has 3 heterocycles. The number of hydrogen-bond acceptors (Lipinski definition) is 7. The summed E-state index contributed by atoms with van der Waals surface area (Å²) in [6, 6.07) is 7.68. The van der Waals surface area contributed by atoms with Crippen molar-refractivity contribution in [3.05, 3.63) is 24.3 Å². The van der Waals surface area contributed by atoms with E-state index >= 15 is 0 Å². The molecular weight excluding hydrogens is 372 g/mol. The number of aromatic nitrogens is 4. The second-order valence-corrected chi connectivity index (χ2v) is 7.64. The average Bonchev–Trinajstić information content (AvgIpc) is 3.06. The Hall–Kier alpha value is -3.56. The molecule has 1 aliphatic rings. The molecule has 10 heteroatoms. The number of rotatable bonds is 4. The van der Waals surface area contributed by atoms with Gasteiger partial charge in [-0.2, -0.15) is 10.1 Å². The van der Waals surface area contributed by atoms with Gasteiger partial charge in [-0.15, -0.1) is 0 Å². The number of nitrogens with one attached hydrogen (secondary N) is 2. The first kappa shape index (κ1) is 18.8. The van der Waals surface area contributed by atoms with Gasteiger partial charge >= 0.3 is 6.09 Å². The standard InChI is InChI=1S/C19H24N8O2/c1-10-4-11(7-22-19(28)29)9-27(8-10)16-6-14(23-18(21)24-16)12-2-3-13-15(5-12)25-26-17(13)20/h2-3,5-6,10-11,22H,4,7-9H2,1H3,(H,28,29)(H3,20,25,26)(H2,21,23,24)/t10-,11-/m1/s1. The van der Waals surface area contributed by atoms with E-state index in [1.165, 1.54) is 0 Å². The van der Waals surface area contributed by atoms with Crippen molar-refractivity contribution in [1.29, 1.82) is 0 Å². The number of hydrogen-bond donors (Lipinski definition) is 5. The van der Waals surface area contributed by atoms with Crippen LogP contribution in [0.2, 0.25) is 0 Å². The van der Waals surface area contributed by atoms with Crippen LogP contribution in [0.5, 0.6) is 0 Å². The Morgan fingerprint density at radius 3 is 2.93 bits per heavy atom. The van der Waals surface area contributed by atoms with Crippen LogP contribution in [0, 0.1) is 11.8 Å². The molecule has 4 rings (SSSR count). The Bertz CT molecular complexity index is 1050. The highest BCUT2D eigenvalue weighted by Crippen LogP contribution is 2.30. The quantitative estimate of drug-likeness (QED) is 0.447. The molecule has 0 unspecified atom stereocenters. The second-order valence-electron chi connectivity index (χ2n) is 7.64. The molecule has 0 radical (unpaired) electrons. The first-order valence-corrected chi connectivity index (χ1v) is 9.49. The minimum Gasteiger partial charge on any atom is -0.465 e. The first-order valence-electron chi connectivity index (χ1n) is 9.49. The highest BCUT2D eigenvalue weighted by molar-refractivity contribution is 5.91. The summed E-state index contributed by atoms with van der Waals surface area (Å²) in [4.78, 5) is 21.8. The van der Waals surface area contributed by atoms with Crippen LogP contribution in [-0.4, -0.2) is 51.0 Å². The molecule has 152 valence electrons. The maximum absolute atomic E-state index is 10.8. The van der Waals surface area contributed by atoms with E-state index in [2.05, 4.69) is 37.3 Å². The van der Waals surface area contributed by atoms with E-state index in [9.17, 15) is 4.79 Å². The van der Waals surface area contributed by atoms with Gasteiger partial charge in [-0.3, -0.25) is 5.10 Å². The Labute approximate surface area is 167 Å². The van der Waals surface area contributed by atoms with E-state index in [0.29, 0.717) is 30.5 Å². The van der Waals surface area contributed by atoms with Crippen LogP contribution in [0.25, 0.3) is 22.2 Å². The van der Waals surface area contributed by atoms with E-state index in [4.69, 9.17) is 16.6 Å². The first-order chi connectivity index (χ1) is 13.9. The zero-order valence-electron chi connectivity index (χ0n) is 16.1. The van der Waals surface area contributed by atoms with Gasteiger partial charge in [0.15, 0.2) is 5.82 Å². The van der Waals surface area contributed by atoms with Crippen molar-refractivity contribution < 1.29 is 9.90 Å². The fourth-order valence-electron chi connectivity index (χ4n) is 4.01. The lowest BCUT2D eigenvalue weighted by Crippen LogP contribution is -2.44. The molecule has 0 spiro atoms. The number of aromatic amines is 1. The molecular formula is C19H24N8O2. The van der Waals surface area contributed by atoms with Gasteiger partial charge in [0.1, 0.15) is 5.82 Å². The van der Waals surface area contributed by atoms with Gasteiger partial charge in [0.2, 0.25) is 5.95 Å². The number of carboxylic acid groups (broad SMARTS) is 1. The van der Waals surface area contributed by atoms with Gasteiger partial charge < -0.3 is 26.8 Å². The van der Waals surface area contributed by atoms with Crippen molar-refractivity contribution in [3.8, 4) is 11.3 Å². The maximum atomic E-state index is 10.8. The fourth-order valence-corrected chi connectivity index (χ4v) is 4.01. The molecule has 10 nitrogen and oxygen atoms in total. The Morgan fingerprint density at radius 2 is 2.14 bits per heavy atom. The van der Waals surface area contributed by atoms with Crippen LogP contribution < -0.4 is 21.7 Å². The van der Waals surface area contributed by atoms with Gasteiger partial charge in [-0.05, 0) is 30.4 Å². The Balaban J connectivity index is 1.62. The Morgan fingerprint density at radius 1 is 1.31 bits per heavy atom. The van der Waals surface area contributed by atoms with E-state index in [1.54, 1.807) is 0 Å². The number of carbonyl (C=O) groups is 1. The summed E-state index contributed by atoms with van der Waals surface area (Å²) >= 11 is 0. The maximum Gasteiger partial charge on any atom is 0.404 e. The zero-order chi connectivity index (χ0) is 20.5. The lowest BCUT2D eigenvalue weighted by Gasteiger charge is -2.37. The number of benzene rings is 1. The van der Waals surface area contributed by atoms with Crippen molar-refractivity contribution in [1.82, 2.24) is 25.5 Å². The molecule has 1 amide bonds. The third-order valence-electron chi connectivity index (χ3n) is 5.23. The van der Waals surface area contributed by atoms with E-state index < -0.39 is 6.09 Å². The van der Waals surface area contributed by atoms with Crippen LogP contribution >= 0.6 is 0 Å². The van der Waals surface area contributed by atoms with Crippen molar-refractivity contribution in [2.24, 2.45) is 11.8 Å². The molecule has 2 atom stereocenters. The molecule has 0 aliphatic carbocycles. The van der Waals surface area contributed by atoms with Crippen LogP contribution in [0.4, 0.5) is 22.4 Å². The summed E-state index contributed by atoms with van der Waals surface area (Å²) in [5.41, 5.74) is 14.3. The number of nitrogens with zero attached hydrogens (tertiary/aromatic N) is 4. The largest absolute Gasteiger partial charge is 0.465 e. The third-order valence-corrected chi connectivity index (χ3v) is 5.23. The van der Waals surface area contributed by atoms with Crippen LogP contribution in [0.15, 0.2) is 24.3 Å². The van der Waals surface area contributed by atoms with Crippen LogP contribution in [-0.2, 0) is 0 Å². The van der Waals surface area contributed by atoms with Crippen molar-refractivity contribution in [2.75, 3.05) is 36.0 Å². The molecule has 7 N–H and O–H groups in total. The normalized spacial score (nSPS) is 19.4. The molecule has 29 heavy (non-hydrogen) atoms. The van der Waals surface area contributed by atoms with Crippen LogP contribution in [0.3, 0.4) is 0 Å². The number of amides is 1. The summed E-state index contributed by atoms with van der Waals surface area (Å²) in [5.74, 6) is 2.01. The minimum atomic E-state index is -1.00. The highest BCUT2D eigenvalue weighted by Gasteiger charge is 2.26. The number of H-pyrrole nitrogens is 1. The van der Waals surface area contributed by atoms with Crippen LogP contribution in [0.1, 0.15) is 13.3 Å². The summed E-state index contributed by atoms with van der Waals surface area (Å²) < 4.78 is 0. The predicted molar refractivity (Wildman–Crippen MR) is 111 cm³/mol. The summed E-state index contributed by atoms with van der Waals surface area (Å²) in [5, 5.41) is 19.2. The molecule has 1 aromatic carbocycles. The molecule has 1 saturated heterocycles. The SMILES string of the molecule is C[C@@H]1C[C@H](CNC(=O)O)CN(c2cc(-c3ccc4c(N)n[nH]c4c3)nc(N)n2)C1. The fraction of sp³-hybridized carbons (Fsp3) is 0.368.